The van der Waals surface area contributed by atoms with Gasteiger partial charge in [-0.05, 0) is 25.0 Å². The summed E-state index contributed by atoms with van der Waals surface area (Å²) in [4.78, 5) is 4.51. The number of anilines is 1. The van der Waals surface area contributed by atoms with E-state index in [9.17, 15) is 0 Å². The predicted octanol–water partition coefficient (Wildman–Crippen LogP) is 2.83. The van der Waals surface area contributed by atoms with Gasteiger partial charge in [-0.1, -0.05) is 24.2 Å². The van der Waals surface area contributed by atoms with Gasteiger partial charge in [-0.3, -0.25) is 0 Å². The van der Waals surface area contributed by atoms with Crippen molar-refractivity contribution in [3.05, 3.63) is 30.1 Å². The molecule has 0 radical (unpaired) electrons. The SMILES string of the molecule is CNc1ccccc1-c1nc(C2(C)CC2)no1. The Kier molecular flexibility index (Phi) is 2.18. The molecule has 1 N–H and O–H groups in total. The molecular weight excluding hydrogens is 214 g/mol. The maximum absolute atomic E-state index is 5.36. The largest absolute Gasteiger partial charge is 0.387 e. The van der Waals surface area contributed by atoms with Gasteiger partial charge in [0.1, 0.15) is 0 Å². The molecule has 1 aromatic heterocycles. The molecular formula is C13H15N3O. The fraction of sp³-hybridized carbons (Fsp3) is 0.385. The summed E-state index contributed by atoms with van der Waals surface area (Å²) < 4.78 is 5.36. The molecule has 1 aliphatic carbocycles. The number of benzene rings is 1. The van der Waals surface area contributed by atoms with Crippen LogP contribution in [0.4, 0.5) is 5.69 Å². The van der Waals surface area contributed by atoms with Crippen molar-refractivity contribution < 1.29 is 4.52 Å². The average Bonchev–Trinajstić information content (AvgIpc) is 2.94. The first kappa shape index (κ1) is 10.3. The third-order valence-corrected chi connectivity index (χ3v) is 3.39. The second-order valence-electron chi connectivity index (χ2n) is 4.78. The van der Waals surface area contributed by atoms with Crippen LogP contribution in [0.3, 0.4) is 0 Å². The number of para-hydroxylation sites is 1. The molecule has 1 fully saturated rings. The van der Waals surface area contributed by atoms with Crippen LogP contribution >= 0.6 is 0 Å². The summed E-state index contributed by atoms with van der Waals surface area (Å²) in [6.07, 6.45) is 2.30. The van der Waals surface area contributed by atoms with E-state index < -0.39 is 0 Å². The maximum Gasteiger partial charge on any atom is 0.260 e. The van der Waals surface area contributed by atoms with Gasteiger partial charge in [0.25, 0.3) is 5.89 Å². The number of nitrogens with zero attached hydrogens (tertiary/aromatic N) is 2. The minimum absolute atomic E-state index is 0.149. The lowest BCUT2D eigenvalue weighted by molar-refractivity contribution is 0.416. The Morgan fingerprint density at radius 2 is 2.06 bits per heavy atom. The van der Waals surface area contributed by atoms with Gasteiger partial charge in [-0.15, -0.1) is 0 Å². The Bertz CT molecular complexity index is 543. The maximum atomic E-state index is 5.36. The molecule has 0 aliphatic heterocycles. The molecule has 0 amide bonds. The lowest BCUT2D eigenvalue weighted by atomic mass is 10.1. The van der Waals surface area contributed by atoms with Crippen LogP contribution in [0, 0.1) is 0 Å². The summed E-state index contributed by atoms with van der Waals surface area (Å²) in [5, 5.41) is 7.22. The zero-order valence-electron chi connectivity index (χ0n) is 10.0. The van der Waals surface area contributed by atoms with E-state index in [1.165, 1.54) is 0 Å². The Morgan fingerprint density at radius 1 is 1.29 bits per heavy atom. The van der Waals surface area contributed by atoms with E-state index in [1.54, 1.807) is 0 Å². The summed E-state index contributed by atoms with van der Waals surface area (Å²) in [7, 11) is 1.89. The molecule has 0 bridgehead atoms. The highest BCUT2D eigenvalue weighted by Crippen LogP contribution is 2.46. The summed E-state index contributed by atoms with van der Waals surface area (Å²) in [6, 6.07) is 7.93. The van der Waals surface area contributed by atoms with Gasteiger partial charge in [0.2, 0.25) is 0 Å². The molecule has 0 spiro atoms. The molecule has 1 aromatic carbocycles. The first-order valence-electron chi connectivity index (χ1n) is 5.84. The van der Waals surface area contributed by atoms with Crippen LogP contribution in [0.5, 0.6) is 0 Å². The van der Waals surface area contributed by atoms with Crippen molar-refractivity contribution >= 4 is 5.69 Å². The third-order valence-electron chi connectivity index (χ3n) is 3.39. The van der Waals surface area contributed by atoms with Crippen LogP contribution in [0.25, 0.3) is 11.5 Å². The Morgan fingerprint density at radius 3 is 2.76 bits per heavy atom. The van der Waals surface area contributed by atoms with E-state index in [0.717, 1.165) is 29.9 Å². The Hall–Kier alpha value is -1.84. The number of aromatic nitrogens is 2. The lowest BCUT2D eigenvalue weighted by Gasteiger charge is -2.03. The topological polar surface area (TPSA) is 51.0 Å². The van der Waals surface area contributed by atoms with Gasteiger partial charge in [0.15, 0.2) is 5.82 Å². The van der Waals surface area contributed by atoms with Crippen molar-refractivity contribution in [3.63, 3.8) is 0 Å². The third kappa shape index (κ3) is 1.69. The molecule has 0 atom stereocenters. The van der Waals surface area contributed by atoms with Crippen molar-refractivity contribution in [1.29, 1.82) is 0 Å². The zero-order chi connectivity index (χ0) is 11.9. The minimum atomic E-state index is 0.149. The summed E-state index contributed by atoms with van der Waals surface area (Å²) in [5.74, 6) is 1.43. The molecule has 1 heterocycles. The van der Waals surface area contributed by atoms with Gasteiger partial charge in [0, 0.05) is 18.2 Å². The summed E-state index contributed by atoms with van der Waals surface area (Å²) in [6.45, 7) is 2.17. The molecule has 3 rings (SSSR count). The number of nitrogens with one attached hydrogen (secondary N) is 1. The lowest BCUT2D eigenvalue weighted by Crippen LogP contribution is -2.02. The van der Waals surface area contributed by atoms with Gasteiger partial charge in [0.05, 0.1) is 5.56 Å². The Labute approximate surface area is 100 Å². The highest BCUT2D eigenvalue weighted by molar-refractivity contribution is 5.72. The monoisotopic (exact) mass is 229 g/mol. The van der Waals surface area contributed by atoms with Crippen LogP contribution in [-0.4, -0.2) is 17.2 Å². The van der Waals surface area contributed by atoms with Crippen molar-refractivity contribution in [1.82, 2.24) is 10.1 Å². The first-order valence-corrected chi connectivity index (χ1v) is 5.84. The standard InChI is InChI=1S/C13H15N3O/c1-13(7-8-13)12-15-11(17-16-12)9-5-3-4-6-10(9)14-2/h3-6,14H,7-8H2,1-2H3. The number of hydrogen-bond acceptors (Lipinski definition) is 4. The van der Waals surface area contributed by atoms with E-state index in [1.807, 2.05) is 31.3 Å². The molecule has 1 saturated carbocycles. The summed E-state index contributed by atoms with van der Waals surface area (Å²) in [5.41, 5.74) is 2.11. The van der Waals surface area contributed by atoms with Gasteiger partial charge < -0.3 is 9.84 Å². The smallest absolute Gasteiger partial charge is 0.260 e. The molecule has 0 unspecified atom stereocenters. The zero-order valence-corrected chi connectivity index (χ0v) is 10.0. The fourth-order valence-electron chi connectivity index (χ4n) is 1.88. The van der Waals surface area contributed by atoms with Crippen LogP contribution in [0.15, 0.2) is 28.8 Å². The Balaban J connectivity index is 2.01. The number of rotatable bonds is 3. The molecule has 17 heavy (non-hydrogen) atoms. The second kappa shape index (κ2) is 3.58. The molecule has 2 aromatic rings. The van der Waals surface area contributed by atoms with E-state index in [-0.39, 0.29) is 5.41 Å². The van der Waals surface area contributed by atoms with Crippen LogP contribution < -0.4 is 5.32 Å². The van der Waals surface area contributed by atoms with Crippen LogP contribution in [0.1, 0.15) is 25.6 Å². The van der Waals surface area contributed by atoms with Crippen molar-refractivity contribution in [3.8, 4) is 11.5 Å². The van der Waals surface area contributed by atoms with E-state index >= 15 is 0 Å². The van der Waals surface area contributed by atoms with Crippen molar-refractivity contribution in [2.45, 2.75) is 25.2 Å². The quantitative estimate of drug-likeness (QED) is 0.879. The van der Waals surface area contributed by atoms with Crippen LogP contribution in [0.2, 0.25) is 0 Å². The molecule has 88 valence electrons. The predicted molar refractivity (Wildman–Crippen MR) is 65.9 cm³/mol. The van der Waals surface area contributed by atoms with Gasteiger partial charge >= 0.3 is 0 Å². The second-order valence-corrected chi connectivity index (χ2v) is 4.78. The minimum Gasteiger partial charge on any atom is -0.387 e. The van der Waals surface area contributed by atoms with Crippen molar-refractivity contribution in [2.24, 2.45) is 0 Å². The molecule has 4 nitrogen and oxygen atoms in total. The first-order chi connectivity index (χ1) is 8.23. The number of hydrogen-bond donors (Lipinski definition) is 1. The van der Waals surface area contributed by atoms with E-state index in [4.69, 9.17) is 4.52 Å². The van der Waals surface area contributed by atoms with Gasteiger partial charge in [-0.2, -0.15) is 4.98 Å². The van der Waals surface area contributed by atoms with Crippen molar-refractivity contribution in [2.75, 3.05) is 12.4 Å². The normalized spacial score (nSPS) is 16.8. The molecule has 4 heteroatoms. The van der Waals surface area contributed by atoms with E-state index in [2.05, 4.69) is 22.4 Å². The molecule has 1 aliphatic rings. The molecule has 0 saturated heterocycles. The summed E-state index contributed by atoms with van der Waals surface area (Å²) >= 11 is 0. The fourth-order valence-corrected chi connectivity index (χ4v) is 1.88. The van der Waals surface area contributed by atoms with E-state index in [0.29, 0.717) is 5.89 Å². The highest BCUT2D eigenvalue weighted by Gasteiger charge is 2.43. The van der Waals surface area contributed by atoms with Crippen LogP contribution in [-0.2, 0) is 5.41 Å². The van der Waals surface area contributed by atoms with Gasteiger partial charge in [-0.25, -0.2) is 0 Å². The average molecular weight is 229 g/mol. The highest BCUT2D eigenvalue weighted by atomic mass is 16.5.